The van der Waals surface area contributed by atoms with Crippen molar-refractivity contribution >= 4 is 35.5 Å². The number of rotatable bonds is 6. The van der Waals surface area contributed by atoms with Gasteiger partial charge in [-0.05, 0) is 49.9 Å². The van der Waals surface area contributed by atoms with E-state index in [2.05, 4.69) is 15.5 Å². The van der Waals surface area contributed by atoms with Crippen LogP contribution in [0.15, 0.2) is 18.2 Å². The van der Waals surface area contributed by atoms with Crippen LogP contribution in [0.1, 0.15) is 44.6 Å². The first kappa shape index (κ1) is 20.8. The van der Waals surface area contributed by atoms with E-state index in [1.54, 1.807) is 6.92 Å². The van der Waals surface area contributed by atoms with Gasteiger partial charge in [0.25, 0.3) is 0 Å². The van der Waals surface area contributed by atoms with Gasteiger partial charge in [-0.25, -0.2) is 0 Å². The number of imide groups is 1. The molecule has 2 atom stereocenters. The van der Waals surface area contributed by atoms with E-state index in [1.807, 2.05) is 25.1 Å². The predicted molar refractivity (Wildman–Crippen MR) is 110 cm³/mol. The number of piperidine rings is 2. The first-order valence-electron chi connectivity index (χ1n) is 10.2. The van der Waals surface area contributed by atoms with E-state index >= 15 is 0 Å². The number of nitrogens with zero attached hydrogens (tertiary/aromatic N) is 2. The molecule has 8 heteroatoms. The highest BCUT2D eigenvalue weighted by atomic mass is 16.2. The predicted octanol–water partition coefficient (Wildman–Crippen LogP) is 1.26. The number of carbonyl (C=O) groups excluding carboxylic acids is 4. The van der Waals surface area contributed by atoms with Gasteiger partial charge in [-0.15, -0.1) is 0 Å². The molecule has 2 aliphatic rings. The SMILES string of the molecule is CCC(=O)N(c1ccc(N2CCCC(NC=O)C2)cc1C)C1CCC(=O)NC1=O. The summed E-state index contributed by atoms with van der Waals surface area (Å²) in [5.74, 6) is -0.875. The number of hydrogen-bond acceptors (Lipinski definition) is 5. The second kappa shape index (κ2) is 9.07. The Morgan fingerprint density at radius 1 is 1.34 bits per heavy atom. The Labute approximate surface area is 170 Å². The van der Waals surface area contributed by atoms with Crippen LogP contribution in [0.5, 0.6) is 0 Å². The number of nitrogens with one attached hydrogen (secondary N) is 2. The smallest absolute Gasteiger partial charge is 0.249 e. The minimum atomic E-state index is -0.680. The number of anilines is 2. The van der Waals surface area contributed by atoms with Gasteiger partial charge in [-0.3, -0.25) is 29.4 Å². The van der Waals surface area contributed by atoms with Crippen molar-refractivity contribution in [1.29, 1.82) is 0 Å². The topological polar surface area (TPSA) is 98.8 Å². The number of carbonyl (C=O) groups is 4. The van der Waals surface area contributed by atoms with Crippen LogP contribution in [-0.4, -0.2) is 49.3 Å². The van der Waals surface area contributed by atoms with Gasteiger partial charge >= 0.3 is 0 Å². The minimum Gasteiger partial charge on any atom is -0.369 e. The first-order valence-corrected chi connectivity index (χ1v) is 10.2. The Bertz CT molecular complexity index is 810. The zero-order valence-corrected chi connectivity index (χ0v) is 16.9. The summed E-state index contributed by atoms with van der Waals surface area (Å²) in [5, 5.41) is 5.20. The molecule has 156 valence electrons. The zero-order chi connectivity index (χ0) is 21.0. The molecule has 0 aromatic heterocycles. The van der Waals surface area contributed by atoms with Crippen molar-refractivity contribution in [2.75, 3.05) is 22.9 Å². The third-order valence-corrected chi connectivity index (χ3v) is 5.62. The molecule has 1 aromatic carbocycles. The maximum Gasteiger partial charge on any atom is 0.249 e. The molecule has 0 radical (unpaired) electrons. The van der Waals surface area contributed by atoms with Crippen LogP contribution in [-0.2, 0) is 19.2 Å². The summed E-state index contributed by atoms with van der Waals surface area (Å²) in [4.78, 5) is 51.1. The maximum absolute atomic E-state index is 12.7. The van der Waals surface area contributed by atoms with Crippen LogP contribution in [0.4, 0.5) is 11.4 Å². The molecule has 2 aliphatic heterocycles. The summed E-state index contributed by atoms with van der Waals surface area (Å²) in [6.07, 6.45) is 3.51. The van der Waals surface area contributed by atoms with Crippen molar-refractivity contribution in [2.45, 2.75) is 58.0 Å². The first-order chi connectivity index (χ1) is 13.9. The summed E-state index contributed by atoms with van der Waals surface area (Å²) in [5.41, 5.74) is 2.60. The summed E-state index contributed by atoms with van der Waals surface area (Å²) in [6, 6.07) is 5.29. The minimum absolute atomic E-state index is 0.128. The number of benzene rings is 1. The lowest BCUT2D eigenvalue weighted by atomic mass is 10.0. The largest absolute Gasteiger partial charge is 0.369 e. The molecule has 8 nitrogen and oxygen atoms in total. The molecule has 2 N–H and O–H groups in total. The standard InChI is InChI=1S/C21H28N4O4/c1-3-20(28)25(18-8-9-19(27)23-21(18)29)17-7-6-16(11-14(17)2)24-10-4-5-15(12-24)22-13-26/h6-7,11,13,15,18H,3-5,8-10,12H2,1-2H3,(H,22,26)(H,23,27,29). The van der Waals surface area contributed by atoms with Crippen LogP contribution in [0.3, 0.4) is 0 Å². The van der Waals surface area contributed by atoms with Gasteiger partial charge in [0.05, 0.1) is 0 Å². The molecular formula is C21H28N4O4. The van der Waals surface area contributed by atoms with Gasteiger partial charge < -0.3 is 10.2 Å². The quantitative estimate of drug-likeness (QED) is 0.553. The molecule has 1 aromatic rings. The molecule has 4 amide bonds. The fourth-order valence-corrected chi connectivity index (χ4v) is 4.13. The fraction of sp³-hybridized carbons (Fsp3) is 0.524. The Kier molecular flexibility index (Phi) is 6.51. The summed E-state index contributed by atoms with van der Waals surface area (Å²) >= 11 is 0. The van der Waals surface area contributed by atoms with Crippen molar-refractivity contribution in [1.82, 2.24) is 10.6 Å². The molecule has 0 aliphatic carbocycles. The van der Waals surface area contributed by atoms with Gasteiger partial charge in [0.2, 0.25) is 24.1 Å². The van der Waals surface area contributed by atoms with E-state index in [0.717, 1.165) is 43.6 Å². The third-order valence-electron chi connectivity index (χ3n) is 5.62. The van der Waals surface area contributed by atoms with Gasteiger partial charge in [-0.2, -0.15) is 0 Å². The lowest BCUT2D eigenvalue weighted by molar-refractivity contribution is -0.135. The Hall–Kier alpha value is -2.90. The second-order valence-electron chi connectivity index (χ2n) is 7.62. The lowest BCUT2D eigenvalue weighted by Crippen LogP contribution is -2.54. The highest BCUT2D eigenvalue weighted by Crippen LogP contribution is 2.30. The third kappa shape index (κ3) is 4.58. The number of aryl methyl sites for hydroxylation is 1. The summed E-state index contributed by atoms with van der Waals surface area (Å²) < 4.78 is 0. The molecule has 2 saturated heterocycles. The van der Waals surface area contributed by atoms with Crippen LogP contribution in [0, 0.1) is 6.92 Å². The number of amides is 4. The monoisotopic (exact) mass is 400 g/mol. The van der Waals surface area contributed by atoms with E-state index in [1.165, 1.54) is 4.90 Å². The zero-order valence-electron chi connectivity index (χ0n) is 16.9. The van der Waals surface area contributed by atoms with Crippen LogP contribution in [0.2, 0.25) is 0 Å². The maximum atomic E-state index is 12.7. The van der Waals surface area contributed by atoms with Gasteiger partial charge in [0.15, 0.2) is 0 Å². The summed E-state index contributed by atoms with van der Waals surface area (Å²) in [6.45, 7) is 5.33. The highest BCUT2D eigenvalue weighted by molar-refractivity contribution is 6.07. The highest BCUT2D eigenvalue weighted by Gasteiger charge is 2.35. The molecular weight excluding hydrogens is 372 g/mol. The van der Waals surface area contributed by atoms with Crippen molar-refractivity contribution in [2.24, 2.45) is 0 Å². The van der Waals surface area contributed by atoms with E-state index in [-0.39, 0.29) is 30.7 Å². The average molecular weight is 400 g/mol. The van der Waals surface area contributed by atoms with Crippen molar-refractivity contribution in [3.05, 3.63) is 23.8 Å². The van der Waals surface area contributed by atoms with Crippen LogP contribution in [0.25, 0.3) is 0 Å². The second-order valence-corrected chi connectivity index (χ2v) is 7.62. The lowest BCUT2D eigenvalue weighted by Gasteiger charge is -2.36. The average Bonchev–Trinajstić information content (AvgIpc) is 2.71. The van der Waals surface area contributed by atoms with Crippen LogP contribution < -0.4 is 20.4 Å². The Morgan fingerprint density at radius 3 is 2.79 bits per heavy atom. The molecule has 0 spiro atoms. The normalized spacial score (nSPS) is 22.1. The van der Waals surface area contributed by atoms with Gasteiger partial charge in [0, 0.05) is 43.3 Å². The summed E-state index contributed by atoms with van der Waals surface area (Å²) in [7, 11) is 0. The Balaban J connectivity index is 1.86. The van der Waals surface area contributed by atoms with Gasteiger partial charge in [0.1, 0.15) is 6.04 Å². The molecule has 3 rings (SSSR count). The van der Waals surface area contributed by atoms with E-state index in [9.17, 15) is 19.2 Å². The molecule has 0 bridgehead atoms. The molecule has 0 saturated carbocycles. The van der Waals surface area contributed by atoms with E-state index in [0.29, 0.717) is 12.1 Å². The molecule has 2 unspecified atom stereocenters. The molecule has 29 heavy (non-hydrogen) atoms. The van der Waals surface area contributed by atoms with E-state index in [4.69, 9.17) is 0 Å². The Morgan fingerprint density at radius 2 is 2.14 bits per heavy atom. The van der Waals surface area contributed by atoms with Crippen molar-refractivity contribution < 1.29 is 19.2 Å². The molecule has 2 heterocycles. The molecule has 2 fully saturated rings. The van der Waals surface area contributed by atoms with Crippen molar-refractivity contribution in [3.63, 3.8) is 0 Å². The van der Waals surface area contributed by atoms with E-state index < -0.39 is 11.9 Å². The van der Waals surface area contributed by atoms with Crippen LogP contribution >= 0.6 is 0 Å². The van der Waals surface area contributed by atoms with Gasteiger partial charge in [-0.1, -0.05) is 6.92 Å². The number of hydrogen-bond donors (Lipinski definition) is 2. The fourth-order valence-electron chi connectivity index (χ4n) is 4.13. The van der Waals surface area contributed by atoms with Crippen molar-refractivity contribution in [3.8, 4) is 0 Å².